The molecule has 0 spiro atoms. The van der Waals surface area contributed by atoms with Gasteiger partial charge >= 0.3 is 0 Å². The zero-order valence-electron chi connectivity index (χ0n) is 21.2. The van der Waals surface area contributed by atoms with E-state index < -0.39 is 0 Å². The number of allylic oxidation sites excluding steroid dienone is 1. The lowest BCUT2D eigenvalue weighted by atomic mass is 10.0. The van der Waals surface area contributed by atoms with Crippen molar-refractivity contribution in [2.75, 3.05) is 50.5 Å². The Balaban J connectivity index is 1.28. The van der Waals surface area contributed by atoms with Crippen LogP contribution in [0.3, 0.4) is 0 Å². The van der Waals surface area contributed by atoms with Gasteiger partial charge in [0.15, 0.2) is 0 Å². The maximum atomic E-state index is 13.3. The van der Waals surface area contributed by atoms with Gasteiger partial charge in [-0.15, -0.1) is 0 Å². The van der Waals surface area contributed by atoms with E-state index in [9.17, 15) is 4.79 Å². The number of hydrogen-bond acceptors (Lipinski definition) is 6. The fourth-order valence-electron chi connectivity index (χ4n) is 5.09. The molecular formula is C27H34Cl2N7O+. The van der Waals surface area contributed by atoms with Gasteiger partial charge < -0.3 is 25.8 Å². The van der Waals surface area contributed by atoms with Gasteiger partial charge in [-0.1, -0.05) is 23.2 Å². The standard InChI is InChI=1S/C27H33Cl2N7O/c1-30-20-9-12-35(13-10-20)22-6-4-21(5-7-22)32-27(37)25-16-24-26(33-34(25)2)31-11-14-36(24)17-18-15-19(28)3-8-23(18)29/h3-8,15-16,20,30-31,33H,9-14,17H2,1-2H3,(H,32,37)/p+1. The smallest absolute Gasteiger partial charge is 0.273 e. The first-order chi connectivity index (χ1) is 17.9. The van der Waals surface area contributed by atoms with E-state index in [0.29, 0.717) is 22.3 Å². The molecule has 8 nitrogen and oxygen atoms in total. The van der Waals surface area contributed by atoms with Gasteiger partial charge in [0.2, 0.25) is 0 Å². The largest absolute Gasteiger partial charge is 0.371 e. The van der Waals surface area contributed by atoms with Crippen LogP contribution in [0.15, 0.2) is 65.8 Å². The van der Waals surface area contributed by atoms with Crippen LogP contribution in [0, 0.1) is 0 Å². The second kappa shape index (κ2) is 11.1. The SMILES string of the molecule is C[NH2+]C1CCN(c2ccc(NC(=O)C3=CC4=C(NCCN4Cc4cc(Cl)ccc4Cl)NN3C)cc2)CC1. The first-order valence-electron chi connectivity index (χ1n) is 12.8. The number of carbonyl (C=O) groups excluding carboxylic acids is 1. The van der Waals surface area contributed by atoms with Crippen LogP contribution in [-0.2, 0) is 11.3 Å². The molecule has 5 N–H and O–H groups in total. The highest BCUT2D eigenvalue weighted by molar-refractivity contribution is 6.33. The van der Waals surface area contributed by atoms with Crippen molar-refractivity contribution in [1.29, 1.82) is 0 Å². The number of piperidine rings is 1. The van der Waals surface area contributed by atoms with E-state index >= 15 is 0 Å². The molecule has 0 bridgehead atoms. The van der Waals surface area contributed by atoms with Crippen molar-refractivity contribution in [2.24, 2.45) is 0 Å². The van der Waals surface area contributed by atoms with Crippen molar-refractivity contribution in [3.8, 4) is 0 Å². The lowest BCUT2D eigenvalue weighted by Gasteiger charge is -2.39. The molecule has 0 saturated carbocycles. The molecule has 2 aromatic rings. The molecule has 1 amide bonds. The molecule has 0 unspecified atom stereocenters. The maximum absolute atomic E-state index is 13.3. The summed E-state index contributed by atoms with van der Waals surface area (Å²) in [7, 11) is 3.99. The molecule has 0 atom stereocenters. The number of carbonyl (C=O) groups is 1. The summed E-state index contributed by atoms with van der Waals surface area (Å²) in [4.78, 5) is 17.9. The summed E-state index contributed by atoms with van der Waals surface area (Å²) in [6.45, 7) is 4.26. The van der Waals surface area contributed by atoms with Gasteiger partial charge in [0, 0.05) is 74.0 Å². The van der Waals surface area contributed by atoms with Crippen molar-refractivity contribution < 1.29 is 10.1 Å². The average Bonchev–Trinajstić information content (AvgIpc) is 2.91. The minimum atomic E-state index is -0.181. The normalized spacial score (nSPS) is 18.2. The molecular weight excluding hydrogens is 509 g/mol. The first-order valence-corrected chi connectivity index (χ1v) is 13.5. The molecule has 37 heavy (non-hydrogen) atoms. The van der Waals surface area contributed by atoms with E-state index in [-0.39, 0.29) is 5.91 Å². The molecule has 2 aromatic carbocycles. The molecule has 3 aliphatic rings. The van der Waals surface area contributed by atoms with Crippen molar-refractivity contribution in [3.05, 3.63) is 81.4 Å². The molecule has 1 fully saturated rings. The zero-order valence-corrected chi connectivity index (χ0v) is 22.7. The molecule has 3 heterocycles. The molecule has 5 rings (SSSR count). The number of amides is 1. The number of likely N-dealkylation sites (N-methyl/N-ethyl adjacent to an activating group) is 1. The number of halogens is 2. The van der Waals surface area contributed by atoms with Crippen LogP contribution < -0.4 is 26.3 Å². The van der Waals surface area contributed by atoms with Gasteiger partial charge in [-0.2, -0.15) is 0 Å². The third kappa shape index (κ3) is 5.76. The van der Waals surface area contributed by atoms with Gasteiger partial charge in [0.05, 0.1) is 18.8 Å². The Morgan fingerprint density at radius 2 is 1.86 bits per heavy atom. The predicted octanol–water partition coefficient (Wildman–Crippen LogP) is 2.70. The first kappa shape index (κ1) is 25.6. The third-order valence-electron chi connectivity index (χ3n) is 7.30. The van der Waals surface area contributed by atoms with E-state index in [1.807, 2.05) is 37.4 Å². The maximum Gasteiger partial charge on any atom is 0.273 e. The fourth-order valence-corrected chi connectivity index (χ4v) is 5.47. The molecule has 0 aromatic heterocycles. The Hall–Kier alpha value is -3.07. The number of anilines is 2. The number of nitrogens with one attached hydrogen (secondary N) is 3. The summed E-state index contributed by atoms with van der Waals surface area (Å²) in [5.41, 5.74) is 7.64. The van der Waals surface area contributed by atoms with E-state index in [1.54, 1.807) is 11.1 Å². The Kier molecular flexibility index (Phi) is 7.69. The molecule has 196 valence electrons. The van der Waals surface area contributed by atoms with Crippen molar-refractivity contribution in [1.82, 2.24) is 20.7 Å². The summed E-state index contributed by atoms with van der Waals surface area (Å²) >= 11 is 12.6. The van der Waals surface area contributed by atoms with Gasteiger partial charge in [0.1, 0.15) is 11.5 Å². The number of rotatable bonds is 6. The number of nitrogens with zero attached hydrogens (tertiary/aromatic N) is 3. The summed E-state index contributed by atoms with van der Waals surface area (Å²) in [5.74, 6) is 0.678. The van der Waals surface area contributed by atoms with Crippen molar-refractivity contribution in [3.63, 3.8) is 0 Å². The molecule has 0 radical (unpaired) electrons. The van der Waals surface area contributed by atoms with E-state index in [2.05, 4.69) is 50.4 Å². The highest BCUT2D eigenvalue weighted by Crippen LogP contribution is 2.28. The van der Waals surface area contributed by atoms with Crippen molar-refractivity contribution >= 4 is 40.5 Å². The third-order valence-corrected chi connectivity index (χ3v) is 7.90. The van der Waals surface area contributed by atoms with Crippen LogP contribution in [0.5, 0.6) is 0 Å². The Labute approximate surface area is 228 Å². The second-order valence-electron chi connectivity index (χ2n) is 9.70. The summed E-state index contributed by atoms with van der Waals surface area (Å²) in [5, 5.41) is 11.8. The monoisotopic (exact) mass is 542 g/mol. The van der Waals surface area contributed by atoms with E-state index in [4.69, 9.17) is 23.2 Å². The summed E-state index contributed by atoms with van der Waals surface area (Å²) in [6.07, 6.45) is 4.29. The highest BCUT2D eigenvalue weighted by atomic mass is 35.5. The Bertz CT molecular complexity index is 1210. The number of quaternary nitrogens is 1. The highest BCUT2D eigenvalue weighted by Gasteiger charge is 2.28. The second-order valence-corrected chi connectivity index (χ2v) is 10.5. The van der Waals surface area contributed by atoms with Gasteiger partial charge in [-0.25, -0.2) is 0 Å². The number of nitrogens with two attached hydrogens (primary N) is 1. The van der Waals surface area contributed by atoms with Gasteiger partial charge in [-0.3, -0.25) is 15.2 Å². The van der Waals surface area contributed by atoms with Crippen LogP contribution in [0.2, 0.25) is 10.0 Å². The van der Waals surface area contributed by atoms with Gasteiger partial charge in [-0.05, 0) is 54.1 Å². The van der Waals surface area contributed by atoms with Crippen LogP contribution >= 0.6 is 23.2 Å². The average molecular weight is 544 g/mol. The van der Waals surface area contributed by atoms with Crippen LogP contribution in [0.1, 0.15) is 18.4 Å². The fraction of sp³-hybridized carbons (Fsp3) is 0.370. The number of benzene rings is 2. The van der Waals surface area contributed by atoms with E-state index in [1.165, 1.54) is 18.5 Å². The minimum Gasteiger partial charge on any atom is -0.371 e. The van der Waals surface area contributed by atoms with Gasteiger partial charge in [0.25, 0.3) is 5.91 Å². The van der Waals surface area contributed by atoms with Crippen molar-refractivity contribution in [2.45, 2.75) is 25.4 Å². The molecule has 10 heteroatoms. The molecule has 0 aliphatic carbocycles. The summed E-state index contributed by atoms with van der Waals surface area (Å²) in [6, 6.07) is 14.3. The van der Waals surface area contributed by atoms with Crippen LogP contribution in [0.4, 0.5) is 11.4 Å². The summed E-state index contributed by atoms with van der Waals surface area (Å²) < 4.78 is 0. The van der Waals surface area contributed by atoms with Crippen LogP contribution in [-0.4, -0.2) is 62.1 Å². The van der Waals surface area contributed by atoms with E-state index in [0.717, 1.165) is 55.0 Å². The lowest BCUT2D eigenvalue weighted by molar-refractivity contribution is -0.665. The quantitative estimate of drug-likeness (QED) is 0.449. The topological polar surface area (TPSA) is 79.5 Å². The zero-order chi connectivity index (χ0) is 25.9. The predicted molar refractivity (Wildman–Crippen MR) is 149 cm³/mol. The Morgan fingerprint density at radius 3 is 2.59 bits per heavy atom. The molecule has 3 aliphatic heterocycles. The minimum absolute atomic E-state index is 0.181. The number of hydrazine groups is 1. The van der Waals surface area contributed by atoms with Crippen LogP contribution in [0.25, 0.3) is 0 Å². The molecule has 1 saturated heterocycles. The lowest BCUT2D eigenvalue weighted by Crippen LogP contribution is -2.87. The Morgan fingerprint density at radius 1 is 1.11 bits per heavy atom. The number of hydrogen-bond donors (Lipinski definition) is 4.